The van der Waals surface area contributed by atoms with Crippen molar-refractivity contribution in [3.05, 3.63) is 79.3 Å². The number of fused-ring (bicyclic) bond motifs is 8. The maximum absolute atomic E-state index is 12.6. The van der Waals surface area contributed by atoms with Crippen molar-refractivity contribution >= 4 is 66.3 Å². The first-order valence-electron chi connectivity index (χ1n) is 27.8. The van der Waals surface area contributed by atoms with Gasteiger partial charge in [-0.2, -0.15) is 10.2 Å². The van der Waals surface area contributed by atoms with Crippen molar-refractivity contribution in [2.45, 2.75) is 158 Å². The molecule has 14 rings (SSSR count). The summed E-state index contributed by atoms with van der Waals surface area (Å²) in [6.45, 7) is 27.5. The molecule has 6 aliphatic rings. The number of likely N-dealkylation sites (tertiary alicyclic amines) is 3. The van der Waals surface area contributed by atoms with Crippen LogP contribution in [0.3, 0.4) is 0 Å². The van der Waals surface area contributed by atoms with Crippen LogP contribution in [0.2, 0.25) is 0 Å². The van der Waals surface area contributed by atoms with Gasteiger partial charge in [-0.3, -0.25) is 19.4 Å². The van der Waals surface area contributed by atoms with Crippen LogP contribution in [0.15, 0.2) is 25.0 Å². The third-order valence-corrected chi connectivity index (χ3v) is 21.2. The SMILES string of the molecule is C.C.Cc1c(-c2[nH]c3sc([C@@H]4C[C@@H]5C[C@H]4CN5CC(=O)N4CC(O)C4)c(C)c3c2C(C)C)cn2ncnc2c1C.Cc1c(-c2[nH]c3sc([C@@H]4C[C@@H]5C[C@H]4CN5CC(=O)O)c(C)c3c2C(C)C)cn2ncnc2c1C.OC1CNC1. The van der Waals surface area contributed by atoms with E-state index in [4.69, 9.17) is 5.11 Å². The monoisotopic (exact) mass is 1110 g/mol. The molecular formula is C60H82N12O5S2. The highest BCUT2D eigenvalue weighted by Gasteiger charge is 2.49. The van der Waals surface area contributed by atoms with Gasteiger partial charge in [-0.1, -0.05) is 42.5 Å². The Labute approximate surface area is 471 Å². The number of rotatable bonds is 10. The van der Waals surface area contributed by atoms with Gasteiger partial charge in [0.1, 0.15) is 22.3 Å². The Morgan fingerprint density at radius 3 is 1.41 bits per heavy atom. The predicted molar refractivity (Wildman–Crippen MR) is 317 cm³/mol. The van der Waals surface area contributed by atoms with Crippen molar-refractivity contribution in [1.29, 1.82) is 0 Å². The number of carboxylic acids is 1. The van der Waals surface area contributed by atoms with E-state index in [0.29, 0.717) is 67.2 Å². The highest BCUT2D eigenvalue weighted by atomic mass is 32.1. The molecule has 4 saturated heterocycles. The van der Waals surface area contributed by atoms with Gasteiger partial charge in [0.05, 0.1) is 36.7 Å². The first-order valence-corrected chi connectivity index (χ1v) is 29.4. The highest BCUT2D eigenvalue weighted by molar-refractivity contribution is 7.19. The van der Waals surface area contributed by atoms with Gasteiger partial charge in [-0.25, -0.2) is 19.0 Å². The number of aromatic amines is 2. The summed E-state index contributed by atoms with van der Waals surface area (Å²) in [5.41, 5.74) is 17.0. The van der Waals surface area contributed by atoms with E-state index in [1.54, 1.807) is 17.6 Å². The van der Waals surface area contributed by atoms with Crippen molar-refractivity contribution in [2.24, 2.45) is 11.8 Å². The number of thiophene rings is 2. The summed E-state index contributed by atoms with van der Waals surface area (Å²) in [5, 5.41) is 41.7. The number of aryl methyl sites for hydroxylation is 4. The third kappa shape index (κ3) is 9.71. The van der Waals surface area contributed by atoms with Crippen LogP contribution in [0.1, 0.15) is 146 Å². The largest absolute Gasteiger partial charge is 0.480 e. The summed E-state index contributed by atoms with van der Waals surface area (Å²) in [5.74, 6) is 2.50. The number of pyridine rings is 2. The van der Waals surface area contributed by atoms with Crippen molar-refractivity contribution < 1.29 is 24.9 Å². The van der Waals surface area contributed by atoms with E-state index in [2.05, 4.69) is 127 Å². The Balaban J connectivity index is 0.000000161. The third-order valence-electron chi connectivity index (χ3n) is 18.5. The van der Waals surface area contributed by atoms with Crippen LogP contribution in [0, 0.1) is 53.4 Å². The molecule has 79 heavy (non-hydrogen) atoms. The number of H-pyrrole nitrogens is 2. The van der Waals surface area contributed by atoms with Crippen LogP contribution in [-0.2, 0) is 9.59 Å². The number of hydrogen-bond acceptors (Lipinski definition) is 13. The van der Waals surface area contributed by atoms with Crippen molar-refractivity contribution in [1.82, 2.24) is 59.2 Å². The summed E-state index contributed by atoms with van der Waals surface area (Å²) in [6.07, 6.45) is 11.6. The number of amides is 1. The minimum atomic E-state index is -0.714. The second-order valence-corrected chi connectivity index (χ2v) is 26.0. The zero-order chi connectivity index (χ0) is 54.0. The quantitative estimate of drug-likeness (QED) is 0.0757. The molecule has 6 N–H and O–H groups in total. The van der Waals surface area contributed by atoms with Crippen LogP contribution in [0.25, 0.3) is 54.2 Å². The van der Waals surface area contributed by atoms with Gasteiger partial charge >= 0.3 is 5.97 Å². The zero-order valence-corrected chi connectivity index (χ0v) is 47.7. The van der Waals surface area contributed by atoms with E-state index >= 15 is 0 Å². The van der Waals surface area contributed by atoms with Gasteiger partial charge in [0, 0.05) is 95.4 Å². The Morgan fingerprint density at radius 1 is 0.620 bits per heavy atom. The van der Waals surface area contributed by atoms with Gasteiger partial charge in [-0.05, 0) is 147 Å². The van der Waals surface area contributed by atoms with Crippen LogP contribution < -0.4 is 5.32 Å². The maximum atomic E-state index is 12.6. The molecule has 0 unspecified atom stereocenters. The molecule has 8 aromatic rings. The first-order chi connectivity index (χ1) is 36.8. The second-order valence-electron chi connectivity index (χ2n) is 23.9. The lowest BCUT2D eigenvalue weighted by Gasteiger charge is -2.38. The van der Waals surface area contributed by atoms with E-state index in [9.17, 15) is 19.8 Å². The average Bonchev–Trinajstić information content (AvgIpc) is 4.32. The molecule has 1 amide bonds. The van der Waals surface area contributed by atoms with Gasteiger partial charge < -0.3 is 35.5 Å². The lowest BCUT2D eigenvalue weighted by atomic mass is 9.88. The number of aliphatic carboxylic acids is 1. The summed E-state index contributed by atoms with van der Waals surface area (Å²) < 4.78 is 3.78. The average molecular weight is 1120 g/mol. The Hall–Kier alpha value is -5.54. The van der Waals surface area contributed by atoms with Gasteiger partial charge in [0.15, 0.2) is 11.3 Å². The fourth-order valence-electron chi connectivity index (χ4n) is 14.2. The summed E-state index contributed by atoms with van der Waals surface area (Å²) in [7, 11) is 0. The Bertz CT molecular complexity index is 3590. The molecule has 2 saturated carbocycles. The standard InChI is InChI=1S/C29H36N6O2S.C26H31N5O2S.C3H7NO.2CH4/c1-14(2)24-25-17(5)27(21-7-19-6-18(21)8-33(19)12-23(37)34-9-20(36)10-34)38-29(25)32-26(24)22-11-35-28(30-13-31-35)16(4)15(22)3;1-12(2)21-22-15(5)24(18-7-17-6-16(18)8-30(17)10-20(32)33)34-26(22)29-23(21)19-9-31-25(27-11-28-31)14(4)13(19)3;5-3-1-4-2-3;;/h11,13-14,18-21,32,36H,6-10,12H2,1-5H3;9,11-12,16-18,29H,6-8,10H2,1-5H3,(H,32,33);3-5H,1-2H2;2*1H4/t18-,19-,21+;16-,17-,18+;;;/m00.../s1. The minimum absolute atomic E-state index is 0. The fraction of sp³-hybridized carbons (Fsp3) is 0.567. The molecule has 0 radical (unpaired) electrons. The highest BCUT2D eigenvalue weighted by Crippen LogP contribution is 2.55. The molecule has 6 fully saturated rings. The van der Waals surface area contributed by atoms with E-state index < -0.39 is 5.97 Å². The molecule has 2 aliphatic carbocycles. The Kier molecular flexibility index (Phi) is 15.6. The number of aliphatic hydroxyl groups excluding tert-OH is 2. The number of nitrogens with zero attached hydrogens (tertiary/aromatic N) is 9. The molecular weight excluding hydrogens is 1030 g/mol. The number of carbonyl (C=O) groups excluding carboxylic acids is 1. The van der Waals surface area contributed by atoms with Gasteiger partial charge in [0.2, 0.25) is 5.91 Å². The molecule has 17 nitrogen and oxygen atoms in total. The number of carbonyl (C=O) groups is 2. The second kappa shape index (κ2) is 21.7. The molecule has 4 bridgehead atoms. The van der Waals surface area contributed by atoms with Crippen LogP contribution in [0.5, 0.6) is 0 Å². The number of piperidine rings is 2. The van der Waals surface area contributed by atoms with Crippen molar-refractivity contribution in [3.8, 4) is 22.5 Å². The van der Waals surface area contributed by atoms with E-state index in [0.717, 1.165) is 62.3 Å². The summed E-state index contributed by atoms with van der Waals surface area (Å²) in [6, 6.07) is 0.895. The van der Waals surface area contributed by atoms with E-state index in [1.807, 2.05) is 31.7 Å². The van der Waals surface area contributed by atoms with Gasteiger partial charge in [0.25, 0.3) is 0 Å². The normalized spacial score (nSPS) is 22.9. The number of carboxylic acid groups (broad SMARTS) is 1. The number of β-amino-alcohol motifs (C(OH)–C–C–N with tert-alkyl or cyclic N) is 2. The van der Waals surface area contributed by atoms with Crippen molar-refractivity contribution in [3.63, 3.8) is 0 Å². The smallest absolute Gasteiger partial charge is 0.317 e. The lowest BCUT2D eigenvalue weighted by molar-refractivity contribution is -0.143. The summed E-state index contributed by atoms with van der Waals surface area (Å²) in [4.78, 5) is 52.3. The number of aliphatic hydroxyl groups is 2. The molecule has 0 aromatic carbocycles. The molecule has 8 aromatic heterocycles. The van der Waals surface area contributed by atoms with Crippen LogP contribution in [-0.4, -0.2) is 158 Å². The molecule has 12 heterocycles. The molecule has 0 spiro atoms. The molecule has 4 aliphatic heterocycles. The molecule has 424 valence electrons. The minimum Gasteiger partial charge on any atom is -0.480 e. The van der Waals surface area contributed by atoms with Crippen LogP contribution >= 0.6 is 22.7 Å². The topological polar surface area (TPSA) is 209 Å². The number of nitrogens with one attached hydrogen (secondary N) is 3. The van der Waals surface area contributed by atoms with E-state index in [-0.39, 0.29) is 39.5 Å². The van der Waals surface area contributed by atoms with Crippen LogP contribution in [0.4, 0.5) is 0 Å². The Morgan fingerprint density at radius 2 is 1.05 bits per heavy atom. The van der Waals surface area contributed by atoms with Gasteiger partial charge in [-0.15, -0.1) is 22.7 Å². The summed E-state index contributed by atoms with van der Waals surface area (Å²) >= 11 is 3.86. The zero-order valence-electron chi connectivity index (χ0n) is 46.1. The fourth-order valence-corrected chi connectivity index (χ4v) is 17.1. The maximum Gasteiger partial charge on any atom is 0.317 e. The molecule has 6 atom stereocenters. The van der Waals surface area contributed by atoms with E-state index in [1.165, 1.54) is 98.1 Å². The first kappa shape index (κ1) is 56.7. The van der Waals surface area contributed by atoms with Crippen molar-refractivity contribution in [2.75, 3.05) is 52.4 Å². The molecule has 19 heteroatoms. The number of aromatic nitrogens is 8. The number of hydrogen-bond donors (Lipinski definition) is 6. The lowest BCUT2D eigenvalue weighted by Crippen LogP contribution is -2.56. The predicted octanol–water partition coefficient (Wildman–Crippen LogP) is 9.84.